The van der Waals surface area contributed by atoms with E-state index in [0.717, 1.165) is 17.2 Å². The van der Waals surface area contributed by atoms with Crippen LogP contribution < -0.4 is 25.0 Å². The van der Waals surface area contributed by atoms with Gasteiger partial charge in [0, 0.05) is 11.6 Å². The molecule has 3 aromatic rings. The van der Waals surface area contributed by atoms with Crippen molar-refractivity contribution in [3.05, 3.63) is 35.9 Å². The summed E-state index contributed by atoms with van der Waals surface area (Å²) in [6.07, 6.45) is 1.45. The highest BCUT2D eigenvalue weighted by Gasteiger charge is 2.11. The molecule has 0 unspecified atom stereocenters. The van der Waals surface area contributed by atoms with Gasteiger partial charge in [-0.3, -0.25) is 0 Å². The number of carbonyl (C=O) groups is 1. The van der Waals surface area contributed by atoms with E-state index in [4.69, 9.17) is 14.2 Å². The van der Waals surface area contributed by atoms with Crippen molar-refractivity contribution < 1.29 is 19.0 Å². The van der Waals surface area contributed by atoms with Crippen LogP contribution in [0.3, 0.4) is 0 Å². The number of ether oxygens (including phenoxy) is 3. The number of benzene rings is 2. The quantitative estimate of drug-likeness (QED) is 0.497. The number of rotatable bonds is 6. The maximum Gasteiger partial charge on any atom is 0.339 e. The van der Waals surface area contributed by atoms with Crippen LogP contribution in [0.1, 0.15) is 5.56 Å². The van der Waals surface area contributed by atoms with Crippen LogP contribution in [0.25, 0.3) is 11.0 Å². The van der Waals surface area contributed by atoms with Crippen molar-refractivity contribution in [3.63, 3.8) is 0 Å². The Labute approximate surface area is 159 Å². The lowest BCUT2D eigenvalue weighted by Gasteiger charge is -2.11. The Bertz CT molecular complexity index is 989. The number of aromatic nitrogens is 2. The highest BCUT2D eigenvalue weighted by Crippen LogP contribution is 2.33. The number of nitrogens with one attached hydrogen (secondary N) is 2. The zero-order valence-electron chi connectivity index (χ0n) is 14.8. The summed E-state index contributed by atoms with van der Waals surface area (Å²) in [7, 11) is 4.60. The number of amides is 2. The first-order valence-corrected chi connectivity index (χ1v) is 8.50. The van der Waals surface area contributed by atoms with Crippen molar-refractivity contribution in [3.8, 4) is 17.2 Å². The van der Waals surface area contributed by atoms with Crippen LogP contribution in [0.15, 0.2) is 35.4 Å². The second-order valence-corrected chi connectivity index (χ2v) is 5.74. The molecule has 1 heterocycles. The number of hydrogen-bond donors (Lipinski definition) is 2. The predicted octanol–water partition coefficient (Wildman–Crippen LogP) is 2.87. The molecular formula is C17H17N5O4S. The van der Waals surface area contributed by atoms with Gasteiger partial charge in [-0.2, -0.15) is 13.8 Å². The molecule has 3 rings (SSSR count). The van der Waals surface area contributed by atoms with Crippen LogP contribution in [0.2, 0.25) is 0 Å². The van der Waals surface area contributed by atoms with Crippen LogP contribution in [-0.2, 0) is 0 Å². The Kier molecular flexibility index (Phi) is 5.67. The van der Waals surface area contributed by atoms with Crippen molar-refractivity contribution in [1.29, 1.82) is 0 Å². The van der Waals surface area contributed by atoms with Crippen LogP contribution >= 0.6 is 11.7 Å². The van der Waals surface area contributed by atoms with Crippen LogP contribution in [0.4, 0.5) is 10.5 Å². The molecule has 2 aromatic carbocycles. The third kappa shape index (κ3) is 4.06. The normalized spacial score (nSPS) is 10.8. The lowest BCUT2D eigenvalue weighted by molar-refractivity contribution is 0.252. The van der Waals surface area contributed by atoms with Crippen LogP contribution in [0.5, 0.6) is 17.2 Å². The molecule has 0 radical (unpaired) electrons. The maximum absolute atomic E-state index is 12.1. The number of anilines is 1. The minimum atomic E-state index is -0.508. The molecule has 10 heteroatoms. The summed E-state index contributed by atoms with van der Waals surface area (Å²) in [4.78, 5) is 12.1. The van der Waals surface area contributed by atoms with Gasteiger partial charge in [-0.1, -0.05) is 6.07 Å². The molecule has 0 saturated carbocycles. The van der Waals surface area contributed by atoms with Gasteiger partial charge in [-0.05, 0) is 18.2 Å². The lowest BCUT2D eigenvalue weighted by Crippen LogP contribution is -2.24. The molecule has 27 heavy (non-hydrogen) atoms. The van der Waals surface area contributed by atoms with Gasteiger partial charge in [0.1, 0.15) is 16.8 Å². The van der Waals surface area contributed by atoms with E-state index >= 15 is 0 Å². The lowest BCUT2D eigenvalue weighted by atomic mass is 10.2. The first kappa shape index (κ1) is 18.4. The van der Waals surface area contributed by atoms with Gasteiger partial charge < -0.3 is 19.5 Å². The van der Waals surface area contributed by atoms with E-state index in [2.05, 4.69) is 24.6 Å². The zero-order valence-corrected chi connectivity index (χ0v) is 15.7. The number of hydrogen-bond acceptors (Lipinski definition) is 8. The molecule has 0 saturated heterocycles. The van der Waals surface area contributed by atoms with E-state index in [9.17, 15) is 4.79 Å². The Hall–Kier alpha value is -3.40. The number of fused-ring (bicyclic) bond motifs is 1. The molecule has 140 valence electrons. The predicted molar refractivity (Wildman–Crippen MR) is 103 cm³/mol. The van der Waals surface area contributed by atoms with E-state index in [1.807, 2.05) is 6.07 Å². The van der Waals surface area contributed by atoms with Gasteiger partial charge in [0.2, 0.25) is 0 Å². The first-order chi connectivity index (χ1) is 13.2. The monoisotopic (exact) mass is 387 g/mol. The molecule has 0 aliphatic carbocycles. The average Bonchev–Trinajstić information content (AvgIpc) is 3.17. The number of urea groups is 1. The standard InChI is InChI=1S/C17H17N5O4S/c1-24-13-8-15(26-3)14(25-2)7-10(13)9-18-20-17(23)19-11-5-4-6-12-16(11)22-27-21-12/h4-9H,1-3H3,(H2,19,20,23)/b18-9-. The zero-order chi connectivity index (χ0) is 19.2. The van der Waals surface area contributed by atoms with E-state index in [-0.39, 0.29) is 0 Å². The molecular weight excluding hydrogens is 370 g/mol. The number of hydrazone groups is 1. The Morgan fingerprint density at radius 1 is 1.07 bits per heavy atom. The summed E-state index contributed by atoms with van der Waals surface area (Å²) < 4.78 is 24.1. The summed E-state index contributed by atoms with van der Waals surface area (Å²) >= 11 is 1.08. The molecule has 0 aliphatic heterocycles. The van der Waals surface area contributed by atoms with Gasteiger partial charge in [-0.25, -0.2) is 10.2 Å². The number of methoxy groups -OCH3 is 3. The minimum Gasteiger partial charge on any atom is -0.496 e. The molecule has 2 amide bonds. The third-order valence-electron chi connectivity index (χ3n) is 3.64. The second kappa shape index (κ2) is 8.32. The van der Waals surface area contributed by atoms with Gasteiger partial charge >= 0.3 is 6.03 Å². The van der Waals surface area contributed by atoms with Crippen LogP contribution in [-0.4, -0.2) is 42.3 Å². The van der Waals surface area contributed by atoms with Gasteiger partial charge in [-0.15, -0.1) is 0 Å². The van der Waals surface area contributed by atoms with Gasteiger partial charge in [0.15, 0.2) is 11.5 Å². The number of carbonyl (C=O) groups excluding carboxylic acids is 1. The fourth-order valence-electron chi connectivity index (χ4n) is 2.37. The van der Waals surface area contributed by atoms with Crippen molar-refractivity contribution >= 4 is 40.7 Å². The summed E-state index contributed by atoms with van der Waals surface area (Å²) in [5.74, 6) is 1.58. The largest absolute Gasteiger partial charge is 0.496 e. The summed E-state index contributed by atoms with van der Waals surface area (Å²) in [5.41, 5.74) is 4.91. The van der Waals surface area contributed by atoms with Gasteiger partial charge in [0.05, 0.1) is 45.0 Å². The minimum absolute atomic E-state index is 0.508. The molecule has 0 fully saturated rings. The molecule has 1 aromatic heterocycles. The van der Waals surface area contributed by atoms with Crippen molar-refractivity contribution in [1.82, 2.24) is 14.2 Å². The molecule has 0 aliphatic rings. The molecule has 9 nitrogen and oxygen atoms in total. The third-order valence-corrected chi connectivity index (χ3v) is 4.18. The summed E-state index contributed by atoms with van der Waals surface area (Å²) in [5, 5.41) is 6.64. The molecule has 0 spiro atoms. The topological polar surface area (TPSA) is 107 Å². The van der Waals surface area contributed by atoms with Crippen LogP contribution in [0, 0.1) is 0 Å². The van der Waals surface area contributed by atoms with E-state index < -0.39 is 6.03 Å². The smallest absolute Gasteiger partial charge is 0.339 e. The summed E-state index contributed by atoms with van der Waals surface area (Å²) in [6, 6.07) is 8.22. The van der Waals surface area contributed by atoms with Gasteiger partial charge in [0.25, 0.3) is 0 Å². The van der Waals surface area contributed by atoms with E-state index in [1.54, 1.807) is 24.3 Å². The fraction of sp³-hybridized carbons (Fsp3) is 0.176. The SMILES string of the molecule is COc1cc(OC)c(OC)cc1/C=N\NC(=O)Nc1cccc2nsnc12. The van der Waals surface area contributed by atoms with Crippen molar-refractivity contribution in [2.24, 2.45) is 5.10 Å². The second-order valence-electron chi connectivity index (χ2n) is 5.21. The van der Waals surface area contributed by atoms with E-state index in [0.29, 0.717) is 34.0 Å². The molecule has 0 bridgehead atoms. The highest BCUT2D eigenvalue weighted by molar-refractivity contribution is 7.00. The summed E-state index contributed by atoms with van der Waals surface area (Å²) in [6.45, 7) is 0. The van der Waals surface area contributed by atoms with Crippen molar-refractivity contribution in [2.75, 3.05) is 26.6 Å². The average molecular weight is 387 g/mol. The number of nitrogens with zero attached hydrogens (tertiary/aromatic N) is 3. The Balaban J connectivity index is 1.71. The van der Waals surface area contributed by atoms with E-state index in [1.165, 1.54) is 27.5 Å². The highest BCUT2D eigenvalue weighted by atomic mass is 32.1. The first-order valence-electron chi connectivity index (χ1n) is 7.77. The maximum atomic E-state index is 12.1. The Morgan fingerprint density at radius 2 is 1.81 bits per heavy atom. The molecule has 0 atom stereocenters. The Morgan fingerprint density at radius 3 is 2.56 bits per heavy atom. The molecule has 2 N–H and O–H groups in total. The fourth-order valence-corrected chi connectivity index (χ4v) is 2.92. The van der Waals surface area contributed by atoms with Crippen molar-refractivity contribution in [2.45, 2.75) is 0 Å².